The van der Waals surface area contributed by atoms with E-state index >= 15 is 0 Å². The summed E-state index contributed by atoms with van der Waals surface area (Å²) in [4.78, 5) is 31.3. The summed E-state index contributed by atoms with van der Waals surface area (Å²) in [5, 5.41) is 0. The molecule has 23 heavy (non-hydrogen) atoms. The van der Waals surface area contributed by atoms with Gasteiger partial charge in [-0.3, -0.25) is 0 Å². The molecule has 0 radical (unpaired) electrons. The van der Waals surface area contributed by atoms with Gasteiger partial charge in [0.1, 0.15) is 6.61 Å². The number of hydrogen-bond donors (Lipinski definition) is 1. The Hall–Kier alpha value is -2.83. The molecule has 0 bridgehead atoms. The first kappa shape index (κ1) is 16.5. The lowest BCUT2D eigenvalue weighted by atomic mass is 10.1. The molecule has 0 atom stereocenters. The second-order valence-electron chi connectivity index (χ2n) is 4.49. The Morgan fingerprint density at radius 3 is 2.57 bits per heavy atom. The predicted molar refractivity (Wildman–Crippen MR) is 83.7 cm³/mol. The fraction of sp³-hybridized carbons (Fsp3) is 0.312. The third-order valence-electron chi connectivity index (χ3n) is 2.90. The minimum Gasteiger partial charge on any atom is -0.475 e. The highest BCUT2D eigenvalue weighted by Crippen LogP contribution is 2.23. The number of esters is 2. The molecule has 7 nitrogen and oxygen atoms in total. The highest BCUT2D eigenvalue weighted by molar-refractivity contribution is 6.04. The molecular weight excluding hydrogens is 300 g/mol. The van der Waals surface area contributed by atoms with Crippen LogP contribution in [0.4, 0.5) is 0 Å². The van der Waals surface area contributed by atoms with Crippen LogP contribution in [0, 0.1) is 0 Å². The maximum absolute atomic E-state index is 12.1. The lowest BCUT2D eigenvalue weighted by Crippen LogP contribution is -2.16. The maximum Gasteiger partial charge on any atom is 0.357 e. The Balaban J connectivity index is 2.50. The Morgan fingerprint density at radius 1 is 1.22 bits per heavy atom. The van der Waals surface area contributed by atoms with Gasteiger partial charge in [-0.15, -0.1) is 0 Å². The van der Waals surface area contributed by atoms with Crippen LogP contribution in [0.5, 0.6) is 5.88 Å². The van der Waals surface area contributed by atoms with Crippen LogP contribution in [0.25, 0.3) is 11.0 Å². The fourth-order valence-electron chi connectivity index (χ4n) is 1.98. The third kappa shape index (κ3) is 3.68. The minimum atomic E-state index is -0.674. The van der Waals surface area contributed by atoms with Crippen molar-refractivity contribution in [2.24, 2.45) is 0 Å². The van der Waals surface area contributed by atoms with Crippen LogP contribution in [-0.2, 0) is 9.47 Å². The molecule has 1 N–H and O–H groups in total. The van der Waals surface area contributed by atoms with Crippen molar-refractivity contribution in [1.82, 2.24) is 9.97 Å². The molecule has 0 amide bonds. The van der Waals surface area contributed by atoms with E-state index in [1.54, 1.807) is 26.0 Å². The lowest BCUT2D eigenvalue weighted by molar-refractivity contribution is 0.0474. The number of aromatic nitrogens is 2. The molecule has 0 aromatic carbocycles. The number of hydrogen-bond acceptors (Lipinski definition) is 6. The van der Waals surface area contributed by atoms with Crippen LogP contribution in [0.1, 0.15) is 34.7 Å². The number of rotatable bonds is 7. The van der Waals surface area contributed by atoms with Gasteiger partial charge in [-0.1, -0.05) is 12.7 Å². The van der Waals surface area contributed by atoms with E-state index in [-0.39, 0.29) is 24.5 Å². The summed E-state index contributed by atoms with van der Waals surface area (Å²) in [6.45, 7) is 7.63. The number of carbonyl (C=O) groups excluding carboxylic acids is 2. The summed E-state index contributed by atoms with van der Waals surface area (Å²) in [5.74, 6) is -0.844. The molecule has 0 aliphatic heterocycles. The third-order valence-corrected chi connectivity index (χ3v) is 2.90. The summed E-state index contributed by atoms with van der Waals surface area (Å²) in [6, 6.07) is 3.14. The van der Waals surface area contributed by atoms with Crippen LogP contribution < -0.4 is 4.74 Å². The standard InChI is InChI=1S/C16H18N2O5/c1-4-7-23-13-9-12-11(17-13)8-10(15(19)21-5-2)14(18-12)16(20)22-6-3/h4,8-9,17H,1,5-7H2,2-3H3. The van der Waals surface area contributed by atoms with Gasteiger partial charge >= 0.3 is 11.9 Å². The monoisotopic (exact) mass is 318 g/mol. The van der Waals surface area contributed by atoms with Gasteiger partial charge in [-0.05, 0) is 19.9 Å². The van der Waals surface area contributed by atoms with Crippen molar-refractivity contribution in [3.8, 4) is 5.88 Å². The van der Waals surface area contributed by atoms with Crippen molar-refractivity contribution in [2.75, 3.05) is 19.8 Å². The van der Waals surface area contributed by atoms with Crippen LogP contribution in [-0.4, -0.2) is 41.7 Å². The van der Waals surface area contributed by atoms with Crippen molar-refractivity contribution in [1.29, 1.82) is 0 Å². The molecule has 0 unspecified atom stereocenters. The quantitative estimate of drug-likeness (QED) is 0.623. The number of nitrogens with one attached hydrogen (secondary N) is 1. The molecular formula is C16H18N2O5. The van der Waals surface area contributed by atoms with Gasteiger partial charge in [-0.25, -0.2) is 14.6 Å². The zero-order valence-corrected chi connectivity index (χ0v) is 13.0. The molecule has 122 valence electrons. The van der Waals surface area contributed by atoms with Crippen molar-refractivity contribution >= 4 is 23.0 Å². The molecule has 0 aliphatic carbocycles. The second kappa shape index (κ2) is 7.44. The molecule has 0 aliphatic rings. The van der Waals surface area contributed by atoms with E-state index in [0.29, 0.717) is 23.5 Å². The van der Waals surface area contributed by atoms with Gasteiger partial charge in [0.15, 0.2) is 11.6 Å². The number of fused-ring (bicyclic) bond motifs is 1. The van der Waals surface area contributed by atoms with E-state index in [9.17, 15) is 9.59 Å². The first-order valence-corrected chi connectivity index (χ1v) is 7.22. The minimum absolute atomic E-state index is 0.0509. The van der Waals surface area contributed by atoms with Crippen LogP contribution in [0.3, 0.4) is 0 Å². The Morgan fingerprint density at radius 2 is 1.91 bits per heavy atom. The topological polar surface area (TPSA) is 90.5 Å². The molecule has 0 saturated carbocycles. The number of H-pyrrole nitrogens is 1. The molecule has 0 spiro atoms. The highest BCUT2D eigenvalue weighted by atomic mass is 16.5. The van der Waals surface area contributed by atoms with Crippen LogP contribution in [0.2, 0.25) is 0 Å². The molecule has 0 saturated heterocycles. The predicted octanol–water partition coefficient (Wildman–Crippen LogP) is 2.48. The largest absolute Gasteiger partial charge is 0.475 e. The van der Waals surface area contributed by atoms with Gasteiger partial charge in [0.25, 0.3) is 0 Å². The number of pyridine rings is 1. The van der Waals surface area contributed by atoms with Gasteiger partial charge in [0.05, 0.1) is 29.8 Å². The number of ether oxygens (including phenoxy) is 3. The van der Waals surface area contributed by atoms with Crippen molar-refractivity contribution < 1.29 is 23.8 Å². The van der Waals surface area contributed by atoms with Crippen molar-refractivity contribution in [3.05, 3.63) is 36.0 Å². The summed E-state index contributed by atoms with van der Waals surface area (Å²) in [6.07, 6.45) is 1.60. The van der Waals surface area contributed by atoms with Crippen molar-refractivity contribution in [3.63, 3.8) is 0 Å². The molecule has 7 heteroatoms. The van der Waals surface area contributed by atoms with Gasteiger partial charge in [0.2, 0.25) is 0 Å². The van der Waals surface area contributed by atoms with Crippen molar-refractivity contribution in [2.45, 2.75) is 13.8 Å². The fourth-order valence-corrected chi connectivity index (χ4v) is 1.98. The summed E-state index contributed by atoms with van der Waals surface area (Å²) in [7, 11) is 0. The lowest BCUT2D eigenvalue weighted by Gasteiger charge is -2.07. The van der Waals surface area contributed by atoms with Crippen LogP contribution in [0.15, 0.2) is 24.8 Å². The van der Waals surface area contributed by atoms with E-state index < -0.39 is 11.9 Å². The molecule has 0 fully saturated rings. The maximum atomic E-state index is 12.1. The smallest absolute Gasteiger partial charge is 0.357 e. The van der Waals surface area contributed by atoms with Gasteiger partial charge in [-0.2, -0.15) is 0 Å². The zero-order valence-electron chi connectivity index (χ0n) is 13.0. The SMILES string of the molecule is C=CCOc1cc2nc(C(=O)OCC)c(C(=O)OCC)cc2[nH]1. The number of aromatic amines is 1. The first-order valence-electron chi connectivity index (χ1n) is 7.22. The second-order valence-corrected chi connectivity index (χ2v) is 4.49. The highest BCUT2D eigenvalue weighted by Gasteiger charge is 2.23. The average molecular weight is 318 g/mol. The van der Waals surface area contributed by atoms with Crippen LogP contribution >= 0.6 is 0 Å². The van der Waals surface area contributed by atoms with E-state index in [0.717, 1.165) is 0 Å². The van der Waals surface area contributed by atoms with Gasteiger partial charge < -0.3 is 19.2 Å². The van der Waals surface area contributed by atoms with Gasteiger partial charge in [0, 0.05) is 6.07 Å². The molecule has 2 rings (SSSR count). The molecule has 2 aromatic heterocycles. The van der Waals surface area contributed by atoms with E-state index in [1.807, 2.05) is 0 Å². The summed E-state index contributed by atoms with van der Waals surface area (Å²) >= 11 is 0. The summed E-state index contributed by atoms with van der Waals surface area (Å²) in [5.41, 5.74) is 1.02. The molecule has 2 aromatic rings. The Labute approximate surface area is 133 Å². The first-order chi connectivity index (χ1) is 11.1. The number of carbonyl (C=O) groups is 2. The number of nitrogens with zero attached hydrogens (tertiary/aromatic N) is 1. The van der Waals surface area contributed by atoms with E-state index in [4.69, 9.17) is 14.2 Å². The Kier molecular flexibility index (Phi) is 5.35. The normalized spacial score (nSPS) is 10.3. The Bertz CT molecular complexity index is 680. The summed E-state index contributed by atoms with van der Waals surface area (Å²) < 4.78 is 15.3. The molecule has 2 heterocycles. The zero-order chi connectivity index (χ0) is 16.8. The van der Waals surface area contributed by atoms with E-state index in [2.05, 4.69) is 16.5 Å². The average Bonchev–Trinajstić information content (AvgIpc) is 2.93. The van der Waals surface area contributed by atoms with E-state index in [1.165, 1.54) is 6.07 Å².